The lowest BCUT2D eigenvalue weighted by Gasteiger charge is -2.46. The number of aromatic nitrogens is 6. The molecule has 2 atom stereocenters. The van der Waals surface area contributed by atoms with Gasteiger partial charge in [0, 0.05) is 38.0 Å². The second-order valence-corrected chi connectivity index (χ2v) is 12.7. The molecular formula is C28H24F5N7O3S. The highest BCUT2D eigenvalue weighted by atomic mass is 32.2. The Balaban J connectivity index is 1.46. The normalized spacial score (nSPS) is 20.2. The van der Waals surface area contributed by atoms with Crippen LogP contribution in [0.4, 0.5) is 22.0 Å². The fourth-order valence-electron chi connectivity index (χ4n) is 6.04. The van der Waals surface area contributed by atoms with Gasteiger partial charge in [0.1, 0.15) is 29.3 Å². The van der Waals surface area contributed by atoms with Crippen molar-refractivity contribution in [1.82, 2.24) is 33.6 Å². The van der Waals surface area contributed by atoms with E-state index in [1.54, 1.807) is 10.6 Å². The highest BCUT2D eigenvalue weighted by Gasteiger charge is 2.53. The number of sulfonamides is 1. The Bertz CT molecular complexity index is 1890. The Hall–Kier alpha value is -4.31. The summed E-state index contributed by atoms with van der Waals surface area (Å²) < 4.78 is 99.8. The summed E-state index contributed by atoms with van der Waals surface area (Å²) in [6.45, 7) is -1.78. The van der Waals surface area contributed by atoms with Crippen molar-refractivity contribution >= 4 is 21.9 Å². The molecule has 1 fully saturated rings. The number of allylic oxidation sites excluding steroid dienone is 1. The molecule has 0 aromatic carbocycles. The molecule has 0 aliphatic heterocycles. The lowest BCUT2D eigenvalue weighted by molar-refractivity contribution is -0.140. The molecule has 10 nitrogen and oxygen atoms in total. The van der Waals surface area contributed by atoms with Crippen molar-refractivity contribution in [3.63, 3.8) is 0 Å². The van der Waals surface area contributed by atoms with Crippen molar-refractivity contribution in [3.8, 4) is 5.69 Å². The van der Waals surface area contributed by atoms with Crippen LogP contribution < -0.4 is 0 Å². The van der Waals surface area contributed by atoms with Crippen LogP contribution >= 0.6 is 0 Å². The lowest BCUT2D eigenvalue weighted by Crippen LogP contribution is -2.52. The van der Waals surface area contributed by atoms with Gasteiger partial charge < -0.3 is 0 Å². The molecule has 0 unspecified atom stereocenters. The maximum absolute atomic E-state index is 14.2. The molecule has 2 aliphatic carbocycles. The number of ketones is 1. The van der Waals surface area contributed by atoms with Crippen LogP contribution in [0.15, 0.2) is 65.8 Å². The highest BCUT2D eigenvalue weighted by molar-refractivity contribution is 7.89. The van der Waals surface area contributed by atoms with Crippen LogP contribution in [0.1, 0.15) is 41.1 Å². The van der Waals surface area contributed by atoms with Gasteiger partial charge in [-0.05, 0) is 43.5 Å². The number of alkyl halides is 3. The molecule has 0 bridgehead atoms. The Morgan fingerprint density at radius 3 is 2.59 bits per heavy atom. The summed E-state index contributed by atoms with van der Waals surface area (Å²) in [5.74, 6) is -2.08. The summed E-state index contributed by atoms with van der Waals surface area (Å²) in [6.07, 6.45) is 2.29. The molecule has 0 N–H and O–H groups in total. The van der Waals surface area contributed by atoms with Crippen LogP contribution in [-0.2, 0) is 23.5 Å². The molecule has 4 heterocycles. The molecule has 1 saturated carbocycles. The lowest BCUT2D eigenvalue weighted by atomic mass is 9.61. The standard InChI is InChI=1S/C28H24F5N7O3S/c1-38-14-21(13-37-38)44(42,43)40(15-28(31,32)33)19-3-2-17-8-24-23(36-16-39(24)20-4-5-25(30)35-12-20)11-27(17,10-19)26(41)22-9-18(29)6-7-34-22/h4-9,12-14,16,19H,2-3,10-11,15H2,1H3/t19-,27+/m0/s1. The summed E-state index contributed by atoms with van der Waals surface area (Å²) in [6, 6.07) is 3.39. The quantitative estimate of drug-likeness (QED) is 0.169. The van der Waals surface area contributed by atoms with E-state index in [0.29, 0.717) is 27.0 Å². The third-order valence-corrected chi connectivity index (χ3v) is 9.87. The van der Waals surface area contributed by atoms with E-state index >= 15 is 0 Å². The minimum absolute atomic E-state index is 0.0331. The number of fused-ring (bicyclic) bond motifs is 2. The molecule has 44 heavy (non-hydrogen) atoms. The fraction of sp³-hybridized carbons (Fsp3) is 0.321. The van der Waals surface area contributed by atoms with Crippen LogP contribution in [0.25, 0.3) is 11.8 Å². The van der Waals surface area contributed by atoms with Crippen molar-refractivity contribution in [1.29, 1.82) is 0 Å². The molecule has 0 saturated heterocycles. The number of aryl methyl sites for hydroxylation is 1. The zero-order valence-electron chi connectivity index (χ0n) is 23.0. The number of carbonyl (C=O) groups excluding carboxylic acids is 1. The Morgan fingerprint density at radius 1 is 1.14 bits per heavy atom. The summed E-state index contributed by atoms with van der Waals surface area (Å²) in [7, 11) is -3.27. The number of carbonyl (C=O) groups is 1. The first-order valence-corrected chi connectivity index (χ1v) is 14.8. The van der Waals surface area contributed by atoms with E-state index in [1.807, 2.05) is 0 Å². The molecule has 16 heteroatoms. The van der Waals surface area contributed by atoms with Crippen LogP contribution in [-0.4, -0.2) is 66.6 Å². The van der Waals surface area contributed by atoms with E-state index in [2.05, 4.69) is 20.1 Å². The maximum Gasteiger partial charge on any atom is 0.402 e. The molecule has 0 radical (unpaired) electrons. The monoisotopic (exact) mass is 633 g/mol. The zero-order valence-corrected chi connectivity index (χ0v) is 23.9. The number of pyridine rings is 2. The van der Waals surface area contributed by atoms with Gasteiger partial charge in [-0.3, -0.25) is 19.0 Å². The van der Waals surface area contributed by atoms with Gasteiger partial charge in [0.25, 0.3) is 0 Å². The van der Waals surface area contributed by atoms with Crippen LogP contribution in [0.5, 0.6) is 0 Å². The van der Waals surface area contributed by atoms with Crippen molar-refractivity contribution in [2.75, 3.05) is 6.54 Å². The van der Waals surface area contributed by atoms with Gasteiger partial charge >= 0.3 is 6.18 Å². The molecular weight excluding hydrogens is 609 g/mol. The van der Waals surface area contributed by atoms with Gasteiger partial charge in [0.15, 0.2) is 5.78 Å². The number of Topliss-reactive ketones (excluding diaryl/α,β-unsaturated/α-hetero) is 1. The summed E-state index contributed by atoms with van der Waals surface area (Å²) in [4.78, 5) is 26.0. The van der Waals surface area contributed by atoms with E-state index < -0.39 is 56.6 Å². The highest BCUT2D eigenvalue weighted by Crippen LogP contribution is 2.51. The number of hydrogen-bond acceptors (Lipinski definition) is 7. The summed E-state index contributed by atoms with van der Waals surface area (Å²) in [5.41, 5.74) is 0.110. The van der Waals surface area contributed by atoms with Gasteiger partial charge in [-0.15, -0.1) is 0 Å². The third-order valence-electron chi connectivity index (χ3n) is 8.02. The van der Waals surface area contributed by atoms with E-state index in [9.17, 15) is 35.2 Å². The predicted octanol–water partition coefficient (Wildman–Crippen LogP) is 4.29. The number of rotatable bonds is 7. The van der Waals surface area contributed by atoms with Gasteiger partial charge in [0.2, 0.25) is 16.0 Å². The first kappa shape index (κ1) is 29.7. The largest absolute Gasteiger partial charge is 0.402 e. The van der Waals surface area contributed by atoms with Gasteiger partial charge in [0.05, 0.1) is 34.9 Å². The topological polar surface area (TPSA) is 116 Å². The van der Waals surface area contributed by atoms with Crippen molar-refractivity contribution in [3.05, 3.63) is 89.8 Å². The second kappa shape index (κ2) is 10.7. The number of hydrogen-bond donors (Lipinski definition) is 0. The molecule has 4 aromatic heterocycles. The molecule has 0 amide bonds. The number of halogens is 5. The molecule has 6 rings (SSSR count). The zero-order chi connectivity index (χ0) is 31.4. The first-order chi connectivity index (χ1) is 20.8. The maximum atomic E-state index is 14.2. The fourth-order valence-corrected chi connectivity index (χ4v) is 7.66. The minimum atomic E-state index is -4.89. The molecule has 2 aliphatic rings. The number of imidazole rings is 1. The summed E-state index contributed by atoms with van der Waals surface area (Å²) >= 11 is 0. The Morgan fingerprint density at radius 2 is 1.93 bits per heavy atom. The van der Waals surface area contributed by atoms with E-state index in [0.717, 1.165) is 35.4 Å². The predicted molar refractivity (Wildman–Crippen MR) is 145 cm³/mol. The first-order valence-electron chi connectivity index (χ1n) is 13.4. The van der Waals surface area contributed by atoms with Crippen LogP contribution in [0, 0.1) is 17.2 Å². The van der Waals surface area contributed by atoms with Crippen molar-refractivity contribution in [2.45, 2.75) is 42.8 Å². The van der Waals surface area contributed by atoms with Crippen LogP contribution in [0.3, 0.4) is 0 Å². The number of nitrogens with zero attached hydrogens (tertiary/aromatic N) is 7. The summed E-state index contributed by atoms with van der Waals surface area (Å²) in [5, 5.41) is 3.81. The van der Waals surface area contributed by atoms with Gasteiger partial charge in [-0.1, -0.05) is 5.57 Å². The van der Waals surface area contributed by atoms with Gasteiger partial charge in [-0.2, -0.15) is 27.0 Å². The molecule has 0 spiro atoms. The minimum Gasteiger partial charge on any atom is -0.298 e. The average Bonchev–Trinajstić information content (AvgIpc) is 3.60. The van der Waals surface area contributed by atoms with Gasteiger partial charge in [-0.25, -0.2) is 22.8 Å². The van der Waals surface area contributed by atoms with E-state index in [4.69, 9.17) is 0 Å². The molecule has 4 aromatic rings. The average molecular weight is 634 g/mol. The van der Waals surface area contributed by atoms with E-state index in [-0.39, 0.29) is 31.4 Å². The van der Waals surface area contributed by atoms with Crippen molar-refractivity contribution in [2.24, 2.45) is 12.5 Å². The second-order valence-electron chi connectivity index (χ2n) is 10.8. The van der Waals surface area contributed by atoms with Crippen molar-refractivity contribution < 1.29 is 35.2 Å². The Labute approximate surface area is 247 Å². The van der Waals surface area contributed by atoms with Crippen LogP contribution in [0.2, 0.25) is 0 Å². The smallest absolute Gasteiger partial charge is 0.298 e. The third kappa shape index (κ3) is 5.32. The SMILES string of the molecule is Cn1cc(S(=O)(=O)N(CC(F)(F)F)[C@H]2CCC3=Cc4c(ncn4-c4ccc(F)nc4)C[C@]3(C(=O)c3cc(F)ccn3)C2)cn1. The Kier molecular flexibility index (Phi) is 7.23. The molecule has 230 valence electrons. The van der Waals surface area contributed by atoms with E-state index in [1.165, 1.54) is 31.7 Å².